The highest BCUT2D eigenvalue weighted by molar-refractivity contribution is 7.89. The number of nitrogens with zero attached hydrogens (tertiary/aromatic N) is 3. The number of amides is 2. The molecule has 0 radical (unpaired) electrons. The van der Waals surface area contributed by atoms with Crippen molar-refractivity contribution in [2.45, 2.75) is 61.9 Å². The van der Waals surface area contributed by atoms with Gasteiger partial charge in [0.05, 0.1) is 16.3 Å². The first kappa shape index (κ1) is 19.8. The maximum Gasteiger partial charge on any atom is 0.250 e. The summed E-state index contributed by atoms with van der Waals surface area (Å²) in [6.07, 6.45) is 6.42. The Kier molecular flexibility index (Phi) is 4.97. The van der Waals surface area contributed by atoms with Crippen LogP contribution in [0.5, 0.6) is 0 Å². The van der Waals surface area contributed by atoms with Gasteiger partial charge in [0.1, 0.15) is 12.6 Å². The second-order valence-corrected chi connectivity index (χ2v) is 10.7. The fraction of sp³-hybridized carbons (Fsp3) is 0.619. The molecule has 1 aliphatic carbocycles. The molecule has 9 heteroatoms. The Bertz CT molecular complexity index is 969. The predicted molar refractivity (Wildman–Crippen MR) is 113 cm³/mol. The summed E-state index contributed by atoms with van der Waals surface area (Å²) in [7, 11) is -3.60. The maximum absolute atomic E-state index is 13.3. The molecule has 3 aliphatic heterocycles. The molecule has 1 N–H and O–H groups in total. The van der Waals surface area contributed by atoms with Crippen molar-refractivity contribution >= 4 is 33.2 Å². The highest BCUT2D eigenvalue weighted by Gasteiger charge is 2.41. The minimum absolute atomic E-state index is 0.0696. The van der Waals surface area contributed by atoms with E-state index in [1.54, 1.807) is 12.1 Å². The van der Waals surface area contributed by atoms with Crippen LogP contribution in [0.3, 0.4) is 0 Å². The van der Waals surface area contributed by atoms with Gasteiger partial charge in [-0.2, -0.15) is 4.31 Å². The second kappa shape index (κ2) is 7.53. The molecule has 0 aromatic heterocycles. The zero-order valence-electron chi connectivity index (χ0n) is 17.0. The third kappa shape index (κ3) is 3.47. The lowest BCUT2D eigenvalue weighted by Crippen LogP contribution is -2.57. The normalized spacial score (nSPS) is 24.5. The minimum atomic E-state index is -3.60. The summed E-state index contributed by atoms with van der Waals surface area (Å²) in [6.45, 7) is 1.75. The molecular weight excluding hydrogens is 404 g/mol. The van der Waals surface area contributed by atoms with Crippen LogP contribution in [0, 0.1) is 0 Å². The van der Waals surface area contributed by atoms with Gasteiger partial charge < -0.3 is 10.2 Å². The molecule has 0 spiro atoms. The van der Waals surface area contributed by atoms with E-state index in [-0.39, 0.29) is 35.3 Å². The summed E-state index contributed by atoms with van der Waals surface area (Å²) in [5, 5.41) is 2.94. The van der Waals surface area contributed by atoms with Gasteiger partial charge in [0.2, 0.25) is 21.8 Å². The molecule has 30 heavy (non-hydrogen) atoms. The van der Waals surface area contributed by atoms with E-state index in [0.717, 1.165) is 57.2 Å². The summed E-state index contributed by atoms with van der Waals surface area (Å²) in [5.74, 6) is -0.294. The van der Waals surface area contributed by atoms with Crippen molar-refractivity contribution in [2.24, 2.45) is 0 Å². The van der Waals surface area contributed by atoms with Crippen molar-refractivity contribution in [3.8, 4) is 0 Å². The van der Waals surface area contributed by atoms with Crippen molar-refractivity contribution in [1.29, 1.82) is 0 Å². The van der Waals surface area contributed by atoms with E-state index in [0.29, 0.717) is 18.8 Å². The summed E-state index contributed by atoms with van der Waals surface area (Å²) >= 11 is 0. The summed E-state index contributed by atoms with van der Waals surface area (Å²) in [6, 6.07) is 4.99. The molecule has 1 unspecified atom stereocenters. The lowest BCUT2D eigenvalue weighted by atomic mass is 9.96. The highest BCUT2D eigenvalue weighted by Crippen LogP contribution is 2.41. The number of fused-ring (bicyclic) bond motifs is 3. The number of rotatable bonds is 5. The van der Waals surface area contributed by atoms with Crippen molar-refractivity contribution < 1.29 is 18.0 Å². The van der Waals surface area contributed by atoms with Crippen molar-refractivity contribution in [1.82, 2.24) is 9.62 Å². The molecule has 3 heterocycles. The smallest absolute Gasteiger partial charge is 0.250 e. The Labute approximate surface area is 177 Å². The van der Waals surface area contributed by atoms with Crippen LogP contribution in [0.15, 0.2) is 23.1 Å². The molecule has 1 aromatic carbocycles. The fourth-order valence-corrected chi connectivity index (χ4v) is 6.32. The van der Waals surface area contributed by atoms with Crippen LogP contribution < -0.4 is 15.1 Å². The molecule has 2 saturated heterocycles. The van der Waals surface area contributed by atoms with Crippen LogP contribution in [0.4, 0.5) is 11.4 Å². The molecule has 0 bridgehead atoms. The molecule has 3 fully saturated rings. The van der Waals surface area contributed by atoms with E-state index in [1.165, 1.54) is 9.21 Å². The molecule has 1 atom stereocenters. The van der Waals surface area contributed by atoms with Gasteiger partial charge in [-0.25, -0.2) is 8.42 Å². The van der Waals surface area contributed by atoms with Crippen LogP contribution in [0.2, 0.25) is 0 Å². The number of carbonyl (C=O) groups is 2. The number of anilines is 2. The third-order valence-electron chi connectivity index (χ3n) is 6.55. The van der Waals surface area contributed by atoms with Gasteiger partial charge in [-0.05, 0) is 63.1 Å². The summed E-state index contributed by atoms with van der Waals surface area (Å²) in [5.41, 5.74) is 1.38. The lowest BCUT2D eigenvalue weighted by Gasteiger charge is -2.45. The van der Waals surface area contributed by atoms with Crippen molar-refractivity contribution in [3.05, 3.63) is 18.2 Å². The van der Waals surface area contributed by atoms with Crippen molar-refractivity contribution in [3.63, 3.8) is 0 Å². The fourth-order valence-electron chi connectivity index (χ4n) is 4.78. The van der Waals surface area contributed by atoms with Crippen LogP contribution in [-0.4, -0.2) is 62.8 Å². The van der Waals surface area contributed by atoms with Gasteiger partial charge in [-0.15, -0.1) is 0 Å². The zero-order valence-corrected chi connectivity index (χ0v) is 17.9. The van der Waals surface area contributed by atoms with Crippen LogP contribution in [-0.2, 0) is 19.6 Å². The monoisotopic (exact) mass is 432 g/mol. The average Bonchev–Trinajstić information content (AvgIpc) is 3.37. The Hall–Kier alpha value is -2.13. The molecule has 4 aliphatic rings. The minimum Gasteiger partial charge on any atom is -0.358 e. The van der Waals surface area contributed by atoms with Crippen LogP contribution >= 0.6 is 0 Å². The summed E-state index contributed by atoms with van der Waals surface area (Å²) < 4.78 is 27.7. The third-order valence-corrected chi connectivity index (χ3v) is 8.44. The molecule has 8 nitrogen and oxygen atoms in total. The van der Waals surface area contributed by atoms with E-state index >= 15 is 0 Å². The highest BCUT2D eigenvalue weighted by atomic mass is 32.2. The van der Waals surface area contributed by atoms with Crippen LogP contribution in [0.1, 0.15) is 44.9 Å². The first-order valence-electron chi connectivity index (χ1n) is 11.0. The number of nitrogens with one attached hydrogen (secondary N) is 1. The zero-order chi connectivity index (χ0) is 20.9. The predicted octanol–water partition coefficient (Wildman–Crippen LogP) is 1.46. The molecule has 1 aromatic rings. The van der Waals surface area contributed by atoms with E-state index in [1.807, 2.05) is 6.07 Å². The Morgan fingerprint density at radius 1 is 1.00 bits per heavy atom. The number of carbonyl (C=O) groups excluding carboxylic acids is 2. The molecule has 1 saturated carbocycles. The molecule has 5 rings (SSSR count). The average molecular weight is 433 g/mol. The lowest BCUT2D eigenvalue weighted by molar-refractivity contribution is -0.125. The van der Waals surface area contributed by atoms with Gasteiger partial charge in [0, 0.05) is 25.7 Å². The van der Waals surface area contributed by atoms with E-state index in [2.05, 4.69) is 10.2 Å². The number of sulfonamides is 1. The van der Waals surface area contributed by atoms with Gasteiger partial charge in [0.15, 0.2) is 0 Å². The Morgan fingerprint density at radius 2 is 1.73 bits per heavy atom. The van der Waals surface area contributed by atoms with E-state index < -0.39 is 10.0 Å². The van der Waals surface area contributed by atoms with E-state index in [9.17, 15) is 18.0 Å². The van der Waals surface area contributed by atoms with Gasteiger partial charge >= 0.3 is 0 Å². The second-order valence-electron chi connectivity index (χ2n) is 8.73. The molecule has 162 valence electrons. The molecule has 2 amide bonds. The number of hydrogen-bond acceptors (Lipinski definition) is 5. The SMILES string of the molecule is O=C(CN1C(=O)C2CCCCN2c2ccc(S(=O)(=O)N3CCCC3)cc21)NC1CC1. The first-order valence-corrected chi connectivity index (χ1v) is 12.4. The van der Waals surface area contributed by atoms with Gasteiger partial charge in [-0.1, -0.05) is 0 Å². The van der Waals surface area contributed by atoms with Crippen LogP contribution in [0.25, 0.3) is 0 Å². The topological polar surface area (TPSA) is 90.0 Å². The Balaban J connectivity index is 1.52. The quantitative estimate of drug-likeness (QED) is 0.761. The van der Waals surface area contributed by atoms with Crippen molar-refractivity contribution in [2.75, 3.05) is 36.0 Å². The number of hydrogen-bond donors (Lipinski definition) is 1. The standard InChI is InChI=1S/C21H28N4O4S/c26-20(22-15-6-7-15)14-25-19-13-16(30(28,29)23-10-3-4-11-23)8-9-17(19)24-12-2-1-5-18(24)21(25)27/h8-9,13,15,18H,1-7,10-12,14H2,(H,22,26). The van der Waals surface area contributed by atoms with E-state index in [4.69, 9.17) is 0 Å². The summed E-state index contributed by atoms with van der Waals surface area (Å²) in [4.78, 5) is 29.6. The molecular formula is C21H28N4O4S. The number of benzene rings is 1. The van der Waals surface area contributed by atoms with Gasteiger partial charge in [0.25, 0.3) is 0 Å². The largest absolute Gasteiger partial charge is 0.358 e. The first-order chi connectivity index (χ1) is 14.4. The number of piperidine rings is 1. The van der Waals surface area contributed by atoms with Gasteiger partial charge in [-0.3, -0.25) is 14.5 Å². The Morgan fingerprint density at radius 3 is 2.47 bits per heavy atom. The maximum atomic E-state index is 13.3.